The number of nitrogens with two attached hydrogens (primary N) is 1. The lowest BCUT2D eigenvalue weighted by atomic mass is 10.0. The van der Waals surface area contributed by atoms with Gasteiger partial charge in [-0.25, -0.2) is 14.5 Å². The molecule has 0 unspecified atom stereocenters. The SMILES string of the molecule is CCOc1ccc(-c2cc3ccn(CCC[C@H](C)Nc4cn[nH]c(=O)c4C(F)(F)F)c(=O)c3cc2F)nc1N. The second-order valence-corrected chi connectivity index (χ2v) is 8.92. The summed E-state index contributed by atoms with van der Waals surface area (Å²) in [5.41, 5.74) is 2.88. The van der Waals surface area contributed by atoms with Crippen LogP contribution in [0.1, 0.15) is 32.3 Å². The zero-order valence-electron chi connectivity index (χ0n) is 21.1. The predicted octanol–water partition coefficient (Wildman–Crippen LogP) is 4.57. The molecule has 4 aromatic rings. The van der Waals surface area contributed by atoms with E-state index in [-0.39, 0.29) is 23.3 Å². The Kier molecular flexibility index (Phi) is 7.88. The number of alkyl halides is 3. The summed E-state index contributed by atoms with van der Waals surface area (Å²) in [6.45, 7) is 4.12. The molecule has 4 rings (SSSR count). The Morgan fingerprint density at radius 1 is 1.21 bits per heavy atom. The monoisotopic (exact) mass is 546 g/mol. The fraction of sp³-hybridized carbons (Fsp3) is 0.308. The van der Waals surface area contributed by atoms with E-state index in [0.717, 1.165) is 12.3 Å². The van der Waals surface area contributed by atoms with Crippen molar-refractivity contribution in [2.45, 2.75) is 45.5 Å². The number of hydrogen-bond acceptors (Lipinski definition) is 7. The Bertz CT molecular complexity index is 1620. The van der Waals surface area contributed by atoms with Crippen LogP contribution in [-0.2, 0) is 12.7 Å². The van der Waals surface area contributed by atoms with Gasteiger partial charge in [0.05, 0.1) is 29.6 Å². The number of hydrogen-bond donors (Lipinski definition) is 3. The van der Waals surface area contributed by atoms with E-state index >= 15 is 4.39 Å². The zero-order chi connectivity index (χ0) is 28.3. The molecular weight excluding hydrogens is 520 g/mol. The number of halogens is 4. The molecule has 3 aromatic heterocycles. The molecule has 0 amide bonds. The number of nitrogen functional groups attached to an aromatic ring is 1. The first kappa shape index (κ1) is 27.6. The smallest absolute Gasteiger partial charge is 0.423 e. The summed E-state index contributed by atoms with van der Waals surface area (Å²) in [6, 6.07) is 7.09. The summed E-state index contributed by atoms with van der Waals surface area (Å²) < 4.78 is 61.6. The molecule has 3 heterocycles. The van der Waals surface area contributed by atoms with Gasteiger partial charge in [0.2, 0.25) is 0 Å². The van der Waals surface area contributed by atoms with E-state index < -0.39 is 40.4 Å². The summed E-state index contributed by atoms with van der Waals surface area (Å²) >= 11 is 0. The van der Waals surface area contributed by atoms with Gasteiger partial charge < -0.3 is 20.4 Å². The first-order valence-electron chi connectivity index (χ1n) is 12.1. The van der Waals surface area contributed by atoms with Crippen molar-refractivity contribution < 1.29 is 22.3 Å². The number of fused-ring (bicyclic) bond motifs is 1. The van der Waals surface area contributed by atoms with E-state index in [2.05, 4.69) is 15.4 Å². The maximum Gasteiger partial charge on any atom is 0.423 e. The first-order valence-corrected chi connectivity index (χ1v) is 12.1. The van der Waals surface area contributed by atoms with Crippen molar-refractivity contribution in [1.29, 1.82) is 0 Å². The standard InChI is InChI=1S/C26H26F4N6O3/c1-3-39-21-7-6-19(34-23(21)31)17-11-15-8-10-36(25(38)16(15)12-18(17)27)9-4-5-14(2)33-20-13-32-35-24(37)22(20)26(28,29)30/h6-8,10-14H,3-5,9H2,1-2H3,(H2,31,34)(H2,33,35,37)/t14-/m0/s1. The van der Waals surface area contributed by atoms with Crippen LogP contribution in [0.4, 0.5) is 29.1 Å². The molecule has 0 fully saturated rings. The molecule has 1 aromatic carbocycles. The summed E-state index contributed by atoms with van der Waals surface area (Å²) in [5, 5.41) is 8.58. The van der Waals surface area contributed by atoms with Crippen LogP contribution < -0.4 is 26.9 Å². The fourth-order valence-corrected chi connectivity index (χ4v) is 4.26. The van der Waals surface area contributed by atoms with Gasteiger partial charge >= 0.3 is 6.18 Å². The molecule has 1 atom stereocenters. The van der Waals surface area contributed by atoms with Crippen molar-refractivity contribution in [3.05, 3.63) is 74.8 Å². The summed E-state index contributed by atoms with van der Waals surface area (Å²) in [4.78, 5) is 28.9. The van der Waals surface area contributed by atoms with Crippen LogP contribution in [0.15, 0.2) is 52.3 Å². The van der Waals surface area contributed by atoms with Crippen molar-refractivity contribution in [1.82, 2.24) is 19.7 Å². The van der Waals surface area contributed by atoms with Gasteiger partial charge in [-0.1, -0.05) is 0 Å². The number of nitrogens with zero attached hydrogens (tertiary/aromatic N) is 3. The minimum atomic E-state index is -4.85. The molecule has 4 N–H and O–H groups in total. The van der Waals surface area contributed by atoms with Crippen LogP contribution in [0.2, 0.25) is 0 Å². The Labute approximate surface area is 219 Å². The molecule has 13 heteroatoms. The number of ether oxygens (including phenoxy) is 1. The lowest BCUT2D eigenvalue weighted by Gasteiger charge is -2.18. The number of benzene rings is 1. The first-order chi connectivity index (χ1) is 18.5. The molecule has 9 nitrogen and oxygen atoms in total. The molecule has 0 radical (unpaired) electrons. The predicted molar refractivity (Wildman–Crippen MR) is 139 cm³/mol. The number of nitrogens with one attached hydrogen (secondary N) is 2. The van der Waals surface area contributed by atoms with Crippen molar-refractivity contribution in [2.24, 2.45) is 0 Å². The van der Waals surface area contributed by atoms with Crippen LogP contribution in [-0.4, -0.2) is 32.4 Å². The molecule has 0 aliphatic heterocycles. The van der Waals surface area contributed by atoms with Crippen LogP contribution in [0, 0.1) is 5.82 Å². The fourth-order valence-electron chi connectivity index (χ4n) is 4.26. The zero-order valence-corrected chi connectivity index (χ0v) is 21.1. The number of anilines is 2. The van der Waals surface area contributed by atoms with E-state index in [9.17, 15) is 22.8 Å². The number of aromatic amines is 1. The van der Waals surface area contributed by atoms with E-state index in [4.69, 9.17) is 10.5 Å². The van der Waals surface area contributed by atoms with E-state index in [1.165, 1.54) is 10.6 Å². The number of aromatic nitrogens is 4. The van der Waals surface area contributed by atoms with E-state index in [1.54, 1.807) is 43.3 Å². The maximum atomic E-state index is 15.0. The van der Waals surface area contributed by atoms with Gasteiger partial charge in [-0.2, -0.15) is 18.3 Å². The minimum absolute atomic E-state index is 0.123. The quantitative estimate of drug-likeness (QED) is 0.263. The van der Waals surface area contributed by atoms with Gasteiger partial charge in [0.25, 0.3) is 11.1 Å². The minimum Gasteiger partial charge on any atom is -0.490 e. The van der Waals surface area contributed by atoms with Crippen LogP contribution >= 0.6 is 0 Å². The average molecular weight is 547 g/mol. The Hall–Kier alpha value is -4.42. The van der Waals surface area contributed by atoms with Crippen molar-refractivity contribution >= 4 is 22.3 Å². The number of pyridine rings is 2. The largest absolute Gasteiger partial charge is 0.490 e. The Morgan fingerprint density at radius 2 is 1.97 bits per heavy atom. The second kappa shape index (κ2) is 11.1. The molecule has 206 valence electrons. The number of aryl methyl sites for hydroxylation is 1. The third kappa shape index (κ3) is 6.02. The Balaban J connectivity index is 1.48. The highest BCUT2D eigenvalue weighted by Gasteiger charge is 2.37. The second-order valence-electron chi connectivity index (χ2n) is 8.92. The van der Waals surface area contributed by atoms with E-state index in [1.807, 2.05) is 0 Å². The van der Waals surface area contributed by atoms with Gasteiger partial charge in [0.1, 0.15) is 11.4 Å². The van der Waals surface area contributed by atoms with Gasteiger partial charge in [0, 0.05) is 24.3 Å². The molecule has 0 aliphatic carbocycles. The summed E-state index contributed by atoms with van der Waals surface area (Å²) in [5.74, 6) is -0.124. The van der Waals surface area contributed by atoms with E-state index in [0.29, 0.717) is 36.3 Å². The van der Waals surface area contributed by atoms with Gasteiger partial charge in [-0.05, 0) is 62.4 Å². The molecule has 0 bridgehead atoms. The normalized spacial score (nSPS) is 12.5. The van der Waals surface area contributed by atoms with Crippen molar-refractivity contribution in [2.75, 3.05) is 17.7 Å². The van der Waals surface area contributed by atoms with Crippen LogP contribution in [0.5, 0.6) is 5.75 Å². The maximum absolute atomic E-state index is 15.0. The van der Waals surface area contributed by atoms with Gasteiger partial charge in [-0.3, -0.25) is 9.59 Å². The van der Waals surface area contributed by atoms with Crippen molar-refractivity contribution in [3.63, 3.8) is 0 Å². The molecule has 39 heavy (non-hydrogen) atoms. The highest BCUT2D eigenvalue weighted by Crippen LogP contribution is 2.32. The molecule has 0 aliphatic rings. The molecule has 0 saturated heterocycles. The van der Waals surface area contributed by atoms with Gasteiger partial charge in [0.15, 0.2) is 11.6 Å². The summed E-state index contributed by atoms with van der Waals surface area (Å²) in [6.07, 6.45) is -1.55. The molecular formula is C26H26F4N6O3. The third-order valence-electron chi connectivity index (χ3n) is 6.10. The average Bonchev–Trinajstić information content (AvgIpc) is 2.86. The molecule has 0 spiro atoms. The van der Waals surface area contributed by atoms with Crippen LogP contribution in [0.3, 0.4) is 0 Å². The number of rotatable bonds is 9. The highest BCUT2D eigenvalue weighted by molar-refractivity contribution is 5.86. The van der Waals surface area contributed by atoms with Crippen LogP contribution in [0.25, 0.3) is 22.0 Å². The lowest BCUT2D eigenvalue weighted by molar-refractivity contribution is -0.138. The highest BCUT2D eigenvalue weighted by atomic mass is 19.4. The van der Waals surface area contributed by atoms with Crippen molar-refractivity contribution in [3.8, 4) is 17.0 Å². The summed E-state index contributed by atoms with van der Waals surface area (Å²) in [7, 11) is 0. The third-order valence-corrected chi connectivity index (χ3v) is 6.10. The van der Waals surface area contributed by atoms with Gasteiger partial charge in [-0.15, -0.1) is 0 Å². The topological polar surface area (TPSA) is 128 Å². The molecule has 0 saturated carbocycles. The lowest BCUT2D eigenvalue weighted by Crippen LogP contribution is -2.27. The Morgan fingerprint density at radius 3 is 2.67 bits per heavy atom. The number of H-pyrrole nitrogens is 1.